The first kappa shape index (κ1) is 29.4. The van der Waals surface area contributed by atoms with Crippen LogP contribution in [0.2, 0.25) is 0 Å². The van der Waals surface area contributed by atoms with Gasteiger partial charge in [-0.2, -0.15) is 0 Å². The molecule has 0 aliphatic heterocycles. The van der Waals surface area contributed by atoms with E-state index in [1.54, 1.807) is 11.0 Å². The first-order valence-electron chi connectivity index (χ1n) is 12.7. The molecule has 2 amide bonds. The molecular weight excluding hydrogens is 474 g/mol. The highest BCUT2D eigenvalue weighted by atomic mass is 32.2. The Morgan fingerprint density at radius 3 is 2.33 bits per heavy atom. The van der Waals surface area contributed by atoms with Crippen LogP contribution in [0.15, 0.2) is 42.5 Å². The van der Waals surface area contributed by atoms with Crippen molar-refractivity contribution in [3.05, 3.63) is 64.7 Å². The lowest BCUT2D eigenvalue weighted by Gasteiger charge is -2.31. The Bertz CT molecular complexity index is 1150. The fourth-order valence-electron chi connectivity index (χ4n) is 4.28. The van der Waals surface area contributed by atoms with Gasteiger partial charge < -0.3 is 10.2 Å². The molecule has 0 aromatic heterocycles. The number of amides is 2. The largest absolute Gasteiger partial charge is 0.354 e. The van der Waals surface area contributed by atoms with Crippen molar-refractivity contribution in [3.8, 4) is 0 Å². The fourth-order valence-corrected chi connectivity index (χ4v) is 5.30. The smallest absolute Gasteiger partial charge is 0.242 e. The van der Waals surface area contributed by atoms with Crippen molar-refractivity contribution in [2.45, 2.75) is 72.9 Å². The minimum absolute atomic E-state index is 0.139. The van der Waals surface area contributed by atoms with E-state index in [0.29, 0.717) is 31.6 Å². The highest BCUT2D eigenvalue weighted by Gasteiger charge is 2.29. The number of rotatable bonds is 13. The molecule has 0 heterocycles. The van der Waals surface area contributed by atoms with Crippen molar-refractivity contribution in [2.75, 3.05) is 23.7 Å². The Kier molecular flexibility index (Phi) is 11.0. The van der Waals surface area contributed by atoms with Crippen LogP contribution in [0.5, 0.6) is 0 Å². The number of benzene rings is 2. The second kappa shape index (κ2) is 13.4. The first-order chi connectivity index (χ1) is 17.0. The second-order valence-electron chi connectivity index (χ2n) is 9.38. The van der Waals surface area contributed by atoms with Crippen molar-refractivity contribution >= 4 is 27.5 Å². The minimum Gasteiger partial charge on any atom is -0.354 e. The molecular formula is C28H41N3O4S. The van der Waals surface area contributed by atoms with Crippen molar-refractivity contribution in [3.63, 3.8) is 0 Å². The fraction of sp³-hybridized carbons (Fsp3) is 0.500. The summed E-state index contributed by atoms with van der Waals surface area (Å²) < 4.78 is 26.6. The summed E-state index contributed by atoms with van der Waals surface area (Å²) in [6, 6.07) is 12.9. The summed E-state index contributed by atoms with van der Waals surface area (Å²) in [5.74, 6) is -0.321. The van der Waals surface area contributed by atoms with E-state index in [2.05, 4.69) is 5.32 Å². The van der Waals surface area contributed by atoms with E-state index in [1.807, 2.05) is 71.0 Å². The molecule has 1 N–H and O–H groups in total. The zero-order valence-electron chi connectivity index (χ0n) is 22.5. The normalized spacial score (nSPS) is 12.2. The molecule has 0 aliphatic rings. The first-order valence-corrected chi connectivity index (χ1v) is 14.5. The van der Waals surface area contributed by atoms with Crippen LogP contribution in [-0.4, -0.2) is 50.5 Å². The monoisotopic (exact) mass is 515 g/mol. The van der Waals surface area contributed by atoms with E-state index in [4.69, 9.17) is 0 Å². The molecule has 0 saturated carbocycles. The number of nitrogens with one attached hydrogen (secondary N) is 1. The molecule has 0 spiro atoms. The predicted octanol–water partition coefficient (Wildman–Crippen LogP) is 4.49. The van der Waals surface area contributed by atoms with Crippen LogP contribution in [0.4, 0.5) is 5.69 Å². The maximum absolute atomic E-state index is 13.5. The van der Waals surface area contributed by atoms with E-state index in [1.165, 1.54) is 10.6 Å². The van der Waals surface area contributed by atoms with Gasteiger partial charge in [-0.3, -0.25) is 13.9 Å². The molecule has 198 valence electrons. The van der Waals surface area contributed by atoms with Crippen molar-refractivity contribution in [1.82, 2.24) is 10.2 Å². The molecule has 36 heavy (non-hydrogen) atoms. The average molecular weight is 516 g/mol. The highest BCUT2D eigenvalue weighted by molar-refractivity contribution is 7.92. The summed E-state index contributed by atoms with van der Waals surface area (Å²) in [5, 5.41) is 2.92. The SMILES string of the molecule is CCCNC(=O)[C@@H](CC)N(Cc1cccc(C)c1)C(=O)CCCN(c1cccc(C)c1C)S(C)(=O)=O. The number of aryl methyl sites for hydroxylation is 2. The van der Waals surface area contributed by atoms with Crippen molar-refractivity contribution in [1.29, 1.82) is 0 Å². The topological polar surface area (TPSA) is 86.8 Å². The third-order valence-electron chi connectivity index (χ3n) is 6.37. The molecule has 0 aliphatic carbocycles. The zero-order chi connectivity index (χ0) is 26.9. The molecule has 0 radical (unpaired) electrons. The van der Waals surface area contributed by atoms with E-state index >= 15 is 0 Å². The van der Waals surface area contributed by atoms with Gasteiger partial charge in [0.25, 0.3) is 0 Å². The van der Waals surface area contributed by atoms with Crippen LogP contribution in [-0.2, 0) is 26.2 Å². The Hall–Kier alpha value is -2.87. The van der Waals surface area contributed by atoms with Crippen LogP contribution in [0, 0.1) is 20.8 Å². The number of carbonyl (C=O) groups excluding carboxylic acids is 2. The molecule has 0 saturated heterocycles. The molecule has 1 atom stereocenters. The second-order valence-corrected chi connectivity index (χ2v) is 11.3. The maximum Gasteiger partial charge on any atom is 0.242 e. The van der Waals surface area contributed by atoms with Gasteiger partial charge in [-0.1, -0.05) is 55.8 Å². The predicted molar refractivity (Wildman–Crippen MR) is 146 cm³/mol. The number of hydrogen-bond acceptors (Lipinski definition) is 4. The number of nitrogens with zero attached hydrogens (tertiary/aromatic N) is 2. The van der Waals surface area contributed by atoms with Gasteiger partial charge in [-0.25, -0.2) is 8.42 Å². The van der Waals surface area contributed by atoms with E-state index in [0.717, 1.165) is 28.7 Å². The third-order valence-corrected chi connectivity index (χ3v) is 7.55. The number of sulfonamides is 1. The van der Waals surface area contributed by atoms with Gasteiger partial charge in [0.15, 0.2) is 0 Å². The van der Waals surface area contributed by atoms with Gasteiger partial charge in [-0.05, 0) is 62.8 Å². The zero-order valence-corrected chi connectivity index (χ0v) is 23.3. The lowest BCUT2D eigenvalue weighted by molar-refractivity contribution is -0.141. The Morgan fingerprint density at radius 1 is 1.03 bits per heavy atom. The van der Waals surface area contributed by atoms with Crippen LogP contribution in [0.3, 0.4) is 0 Å². The van der Waals surface area contributed by atoms with Crippen LogP contribution < -0.4 is 9.62 Å². The average Bonchev–Trinajstić information content (AvgIpc) is 2.81. The minimum atomic E-state index is -3.53. The number of anilines is 1. The molecule has 2 aromatic rings. The molecule has 0 bridgehead atoms. The van der Waals surface area contributed by atoms with Crippen LogP contribution in [0.1, 0.15) is 61.8 Å². The summed E-state index contributed by atoms with van der Waals surface area (Å²) in [4.78, 5) is 28.0. The summed E-state index contributed by atoms with van der Waals surface area (Å²) in [7, 11) is -3.53. The van der Waals surface area contributed by atoms with Gasteiger partial charge in [0.1, 0.15) is 6.04 Å². The van der Waals surface area contributed by atoms with Crippen LogP contribution in [0.25, 0.3) is 0 Å². The van der Waals surface area contributed by atoms with Crippen LogP contribution >= 0.6 is 0 Å². The summed E-state index contributed by atoms with van der Waals surface area (Å²) in [6.45, 7) is 10.8. The van der Waals surface area contributed by atoms with Crippen molar-refractivity contribution in [2.24, 2.45) is 0 Å². The number of carbonyl (C=O) groups is 2. The maximum atomic E-state index is 13.5. The van der Waals surface area contributed by atoms with Gasteiger partial charge in [0.2, 0.25) is 21.8 Å². The number of hydrogen-bond donors (Lipinski definition) is 1. The molecule has 0 unspecified atom stereocenters. The third kappa shape index (κ3) is 8.08. The molecule has 0 fully saturated rings. The van der Waals surface area contributed by atoms with Crippen molar-refractivity contribution < 1.29 is 18.0 Å². The Balaban J connectivity index is 2.24. The standard InChI is InChI=1S/C28H41N3O4S/c1-7-17-29-28(33)25(8-2)30(20-24-14-9-12-21(3)19-24)27(32)16-11-18-31(36(6,34)35)26-15-10-13-22(4)23(26)5/h9-10,12-15,19,25H,7-8,11,16-18,20H2,1-6H3,(H,29,33)/t25-/m1/s1. The molecule has 8 heteroatoms. The summed E-state index contributed by atoms with van der Waals surface area (Å²) in [6.07, 6.45) is 2.97. The van der Waals surface area contributed by atoms with Gasteiger partial charge in [0, 0.05) is 26.1 Å². The van der Waals surface area contributed by atoms with Gasteiger partial charge in [0.05, 0.1) is 11.9 Å². The molecule has 7 nitrogen and oxygen atoms in total. The summed E-state index contributed by atoms with van der Waals surface area (Å²) >= 11 is 0. The molecule has 2 rings (SSSR count). The van der Waals surface area contributed by atoms with Gasteiger partial charge >= 0.3 is 0 Å². The Morgan fingerprint density at radius 2 is 1.72 bits per heavy atom. The lowest BCUT2D eigenvalue weighted by Crippen LogP contribution is -2.49. The highest BCUT2D eigenvalue weighted by Crippen LogP contribution is 2.25. The molecule has 2 aromatic carbocycles. The quantitative estimate of drug-likeness (QED) is 0.426. The summed E-state index contributed by atoms with van der Waals surface area (Å²) in [5.41, 5.74) is 4.57. The Labute approximate surface area is 216 Å². The van der Waals surface area contributed by atoms with E-state index in [9.17, 15) is 18.0 Å². The van der Waals surface area contributed by atoms with E-state index in [-0.39, 0.29) is 24.8 Å². The van der Waals surface area contributed by atoms with E-state index < -0.39 is 16.1 Å². The lowest BCUT2D eigenvalue weighted by atomic mass is 10.1. The van der Waals surface area contributed by atoms with Gasteiger partial charge in [-0.15, -0.1) is 0 Å².